The number of pyridine rings is 1. The molecule has 1 heterocycles. The molecule has 2 rings (SSSR count). The molecule has 0 spiro atoms. The fraction of sp³-hybridized carbons (Fsp3) is 0.286. The Morgan fingerprint density at radius 3 is 2.40 bits per heavy atom. The maximum absolute atomic E-state index is 12.3. The predicted molar refractivity (Wildman–Crippen MR) is 73.5 cm³/mol. The van der Waals surface area contributed by atoms with Gasteiger partial charge in [0.2, 0.25) is 5.75 Å². The van der Waals surface area contributed by atoms with Crippen molar-refractivity contribution < 1.29 is 14.2 Å². The maximum atomic E-state index is 12.3. The number of aromatic nitrogens is 1. The number of benzene rings is 1. The number of hydrogen-bond acceptors (Lipinski definition) is 5. The summed E-state index contributed by atoms with van der Waals surface area (Å²) in [7, 11) is 4.49. The molecule has 1 aromatic carbocycles. The SMILES string of the molecule is COc1cc2c(=O)n(CC#N)ccc2c(OC)c1OC. The summed E-state index contributed by atoms with van der Waals surface area (Å²) in [5, 5.41) is 9.75. The number of rotatable bonds is 4. The summed E-state index contributed by atoms with van der Waals surface area (Å²) in [6.07, 6.45) is 1.56. The van der Waals surface area contributed by atoms with Crippen molar-refractivity contribution in [2.75, 3.05) is 21.3 Å². The van der Waals surface area contributed by atoms with Crippen molar-refractivity contribution in [1.82, 2.24) is 4.57 Å². The monoisotopic (exact) mass is 274 g/mol. The molecule has 0 aliphatic rings. The van der Waals surface area contributed by atoms with Gasteiger partial charge in [0, 0.05) is 11.6 Å². The Hall–Kier alpha value is -2.68. The lowest BCUT2D eigenvalue weighted by molar-refractivity contribution is 0.327. The van der Waals surface area contributed by atoms with Gasteiger partial charge in [-0.25, -0.2) is 0 Å². The fourth-order valence-corrected chi connectivity index (χ4v) is 2.11. The summed E-state index contributed by atoms with van der Waals surface area (Å²) in [6.45, 7) is -0.00850. The third kappa shape index (κ3) is 2.03. The minimum atomic E-state index is -0.275. The van der Waals surface area contributed by atoms with E-state index in [1.54, 1.807) is 18.3 Å². The second-order valence-electron chi connectivity index (χ2n) is 4.01. The average molecular weight is 274 g/mol. The highest BCUT2D eigenvalue weighted by Gasteiger charge is 2.18. The number of fused-ring (bicyclic) bond motifs is 1. The molecule has 6 nitrogen and oxygen atoms in total. The zero-order chi connectivity index (χ0) is 14.7. The first-order valence-corrected chi connectivity index (χ1v) is 5.87. The van der Waals surface area contributed by atoms with E-state index >= 15 is 0 Å². The summed E-state index contributed by atoms with van der Waals surface area (Å²) in [6, 6.07) is 5.25. The third-order valence-electron chi connectivity index (χ3n) is 3.02. The van der Waals surface area contributed by atoms with Crippen LogP contribution in [-0.2, 0) is 6.54 Å². The zero-order valence-electron chi connectivity index (χ0n) is 11.5. The molecule has 0 N–H and O–H groups in total. The van der Waals surface area contributed by atoms with Gasteiger partial charge in [-0.2, -0.15) is 5.26 Å². The largest absolute Gasteiger partial charge is 0.493 e. The smallest absolute Gasteiger partial charge is 0.259 e. The van der Waals surface area contributed by atoms with Gasteiger partial charge in [-0.15, -0.1) is 0 Å². The van der Waals surface area contributed by atoms with Crippen LogP contribution in [0, 0.1) is 11.3 Å². The van der Waals surface area contributed by atoms with Gasteiger partial charge in [-0.1, -0.05) is 0 Å². The minimum Gasteiger partial charge on any atom is -0.493 e. The predicted octanol–water partition coefficient (Wildman–Crippen LogP) is 1.55. The van der Waals surface area contributed by atoms with Crippen LogP contribution in [0.5, 0.6) is 17.2 Å². The number of hydrogen-bond donors (Lipinski definition) is 0. The van der Waals surface area contributed by atoms with E-state index in [4.69, 9.17) is 19.5 Å². The molecule has 0 atom stereocenters. The van der Waals surface area contributed by atoms with Crippen LogP contribution < -0.4 is 19.8 Å². The summed E-state index contributed by atoms with van der Waals surface area (Å²) >= 11 is 0. The highest BCUT2D eigenvalue weighted by molar-refractivity contribution is 5.92. The normalized spacial score (nSPS) is 10.1. The average Bonchev–Trinajstić information content (AvgIpc) is 2.48. The van der Waals surface area contributed by atoms with Gasteiger partial charge in [0.1, 0.15) is 6.54 Å². The molecule has 0 amide bonds. The van der Waals surface area contributed by atoms with Crippen LogP contribution >= 0.6 is 0 Å². The Bertz CT molecular complexity index is 743. The molecule has 1 aromatic heterocycles. The first kappa shape index (κ1) is 13.7. The Labute approximate surface area is 115 Å². The third-order valence-corrected chi connectivity index (χ3v) is 3.02. The lowest BCUT2D eigenvalue weighted by atomic mass is 10.1. The second kappa shape index (κ2) is 5.53. The standard InChI is InChI=1S/C14H14N2O4/c1-18-11-8-10-9(12(19-2)13(11)20-3)4-6-16(7-5-15)14(10)17/h4,6,8H,7H2,1-3H3. The molecular weight excluding hydrogens is 260 g/mol. The molecular formula is C14H14N2O4. The van der Waals surface area contributed by atoms with Gasteiger partial charge in [0.25, 0.3) is 5.56 Å². The topological polar surface area (TPSA) is 73.5 Å². The van der Waals surface area contributed by atoms with E-state index in [0.29, 0.717) is 28.0 Å². The molecule has 0 saturated carbocycles. The lowest BCUT2D eigenvalue weighted by Gasteiger charge is -2.15. The first-order chi connectivity index (χ1) is 9.67. The van der Waals surface area contributed by atoms with Gasteiger partial charge < -0.3 is 18.8 Å². The Morgan fingerprint density at radius 2 is 1.85 bits per heavy atom. The molecule has 0 bridgehead atoms. The van der Waals surface area contributed by atoms with Crippen LogP contribution in [0.15, 0.2) is 23.1 Å². The molecule has 2 aromatic rings. The summed E-state index contributed by atoms with van der Waals surface area (Å²) in [5.41, 5.74) is -0.275. The molecule has 0 saturated heterocycles. The van der Waals surface area contributed by atoms with Crippen LogP contribution in [0.1, 0.15) is 0 Å². The summed E-state index contributed by atoms with van der Waals surface area (Å²) in [4.78, 5) is 12.3. The van der Waals surface area contributed by atoms with Crippen molar-refractivity contribution in [3.63, 3.8) is 0 Å². The van der Waals surface area contributed by atoms with Crippen LogP contribution in [0.25, 0.3) is 10.8 Å². The molecule has 20 heavy (non-hydrogen) atoms. The molecule has 0 aliphatic heterocycles. The number of nitriles is 1. The van der Waals surface area contributed by atoms with E-state index in [0.717, 1.165) is 0 Å². The van der Waals surface area contributed by atoms with E-state index in [1.165, 1.54) is 25.9 Å². The van der Waals surface area contributed by atoms with Gasteiger partial charge in [0.05, 0.1) is 32.8 Å². The van der Waals surface area contributed by atoms with Crippen LogP contribution in [-0.4, -0.2) is 25.9 Å². The van der Waals surface area contributed by atoms with Crippen molar-refractivity contribution in [3.05, 3.63) is 28.7 Å². The number of nitrogens with zero attached hydrogens (tertiary/aromatic N) is 2. The first-order valence-electron chi connectivity index (χ1n) is 5.87. The molecule has 0 aliphatic carbocycles. The minimum absolute atomic E-state index is 0.00850. The molecule has 0 fully saturated rings. The molecule has 6 heteroatoms. The van der Waals surface area contributed by atoms with Crippen molar-refractivity contribution >= 4 is 10.8 Å². The lowest BCUT2D eigenvalue weighted by Crippen LogP contribution is -2.19. The van der Waals surface area contributed by atoms with E-state index in [2.05, 4.69) is 0 Å². The van der Waals surface area contributed by atoms with E-state index in [1.807, 2.05) is 6.07 Å². The Kier molecular flexibility index (Phi) is 3.80. The van der Waals surface area contributed by atoms with Crippen molar-refractivity contribution in [2.24, 2.45) is 0 Å². The van der Waals surface area contributed by atoms with E-state index in [9.17, 15) is 4.79 Å². The van der Waals surface area contributed by atoms with Crippen molar-refractivity contribution in [2.45, 2.75) is 6.54 Å². The van der Waals surface area contributed by atoms with E-state index in [-0.39, 0.29) is 12.1 Å². The fourth-order valence-electron chi connectivity index (χ4n) is 2.11. The van der Waals surface area contributed by atoms with Crippen LogP contribution in [0.3, 0.4) is 0 Å². The van der Waals surface area contributed by atoms with Gasteiger partial charge in [-0.05, 0) is 12.1 Å². The molecule has 0 unspecified atom stereocenters. The van der Waals surface area contributed by atoms with Gasteiger partial charge >= 0.3 is 0 Å². The second-order valence-corrected chi connectivity index (χ2v) is 4.01. The summed E-state index contributed by atoms with van der Waals surface area (Å²) < 4.78 is 17.2. The van der Waals surface area contributed by atoms with Crippen LogP contribution in [0.4, 0.5) is 0 Å². The molecule has 0 radical (unpaired) electrons. The van der Waals surface area contributed by atoms with Crippen molar-refractivity contribution in [3.8, 4) is 23.3 Å². The zero-order valence-corrected chi connectivity index (χ0v) is 11.5. The van der Waals surface area contributed by atoms with Gasteiger partial charge in [0.15, 0.2) is 11.5 Å². The van der Waals surface area contributed by atoms with E-state index < -0.39 is 0 Å². The number of methoxy groups -OCH3 is 3. The summed E-state index contributed by atoms with van der Waals surface area (Å²) in [5.74, 6) is 1.27. The Morgan fingerprint density at radius 1 is 1.15 bits per heavy atom. The molecule has 104 valence electrons. The highest BCUT2D eigenvalue weighted by Crippen LogP contribution is 2.42. The van der Waals surface area contributed by atoms with Crippen molar-refractivity contribution in [1.29, 1.82) is 5.26 Å². The van der Waals surface area contributed by atoms with Crippen LogP contribution in [0.2, 0.25) is 0 Å². The Balaban J connectivity index is 2.88. The quantitative estimate of drug-likeness (QED) is 0.845. The number of ether oxygens (including phenoxy) is 3. The van der Waals surface area contributed by atoms with Gasteiger partial charge in [-0.3, -0.25) is 4.79 Å². The maximum Gasteiger partial charge on any atom is 0.259 e. The highest BCUT2D eigenvalue weighted by atomic mass is 16.5.